The quantitative estimate of drug-likeness (QED) is 0.865. The minimum Gasteiger partial charge on any atom is -0.329 e. The van der Waals surface area contributed by atoms with E-state index < -0.39 is 0 Å². The Bertz CT molecular complexity index is 362. The molecule has 0 spiro atoms. The molecule has 0 aliphatic carbocycles. The normalized spacial score (nSPS) is 14.3. The fourth-order valence-electron chi connectivity index (χ4n) is 2.30. The van der Waals surface area contributed by atoms with Gasteiger partial charge in [0.15, 0.2) is 0 Å². The number of hydrogen-bond acceptors (Lipinski definition) is 2. The van der Waals surface area contributed by atoms with E-state index in [9.17, 15) is 0 Å². The van der Waals surface area contributed by atoms with Gasteiger partial charge in [-0.25, -0.2) is 0 Å². The van der Waals surface area contributed by atoms with Crippen LogP contribution in [-0.4, -0.2) is 29.6 Å². The van der Waals surface area contributed by atoms with Gasteiger partial charge >= 0.3 is 0 Å². The summed E-state index contributed by atoms with van der Waals surface area (Å²) in [5.41, 5.74) is 7.28. The Labute approximate surface area is 111 Å². The Morgan fingerprint density at radius 3 is 2.28 bits per heavy atom. The molecule has 0 aliphatic rings. The van der Waals surface area contributed by atoms with E-state index in [-0.39, 0.29) is 11.6 Å². The van der Waals surface area contributed by atoms with E-state index in [1.165, 1.54) is 5.56 Å². The second-order valence-corrected chi connectivity index (χ2v) is 5.53. The van der Waals surface area contributed by atoms with Gasteiger partial charge in [0.25, 0.3) is 0 Å². The summed E-state index contributed by atoms with van der Waals surface area (Å²) in [4.78, 5) is 2.42. The summed E-state index contributed by atoms with van der Waals surface area (Å²) in [6, 6.07) is 10.6. The number of rotatable bonds is 5. The van der Waals surface area contributed by atoms with Crippen LogP contribution in [0.2, 0.25) is 0 Å². The molecule has 0 fully saturated rings. The van der Waals surface area contributed by atoms with Gasteiger partial charge in [-0.15, -0.1) is 0 Å². The van der Waals surface area contributed by atoms with Crippen LogP contribution in [0.4, 0.5) is 0 Å². The smallest absolute Gasteiger partial charge is 0.0409 e. The lowest BCUT2D eigenvalue weighted by molar-refractivity contribution is 0.115. The first-order valence-corrected chi connectivity index (χ1v) is 6.69. The van der Waals surface area contributed by atoms with E-state index in [0.29, 0.717) is 6.54 Å². The van der Waals surface area contributed by atoms with Gasteiger partial charge in [0, 0.05) is 18.1 Å². The van der Waals surface area contributed by atoms with Crippen LogP contribution in [0.15, 0.2) is 36.4 Å². The number of likely N-dealkylation sites (N-methyl/N-ethyl adjacent to an activating group) is 1. The molecule has 0 amide bonds. The van der Waals surface area contributed by atoms with Crippen LogP contribution in [0, 0.1) is 0 Å². The predicted molar refractivity (Wildman–Crippen MR) is 80.5 cm³/mol. The lowest BCUT2D eigenvalue weighted by Crippen LogP contribution is -2.50. The molecule has 0 bridgehead atoms. The van der Waals surface area contributed by atoms with Crippen LogP contribution in [0.1, 0.15) is 33.3 Å². The molecule has 2 nitrogen and oxygen atoms in total. The molecular formula is C16H26N2. The highest BCUT2D eigenvalue weighted by molar-refractivity contribution is 5.49. The van der Waals surface area contributed by atoms with E-state index in [1.807, 2.05) is 6.07 Å². The molecule has 2 N–H and O–H groups in total. The Morgan fingerprint density at radius 2 is 1.83 bits per heavy atom. The Morgan fingerprint density at radius 1 is 1.22 bits per heavy atom. The third kappa shape index (κ3) is 4.28. The summed E-state index contributed by atoms with van der Waals surface area (Å²) in [7, 11) is 0. The monoisotopic (exact) mass is 246 g/mol. The summed E-state index contributed by atoms with van der Waals surface area (Å²) in [6.45, 7) is 10.5. The minimum absolute atomic E-state index is 0.139. The molecule has 2 heteroatoms. The van der Waals surface area contributed by atoms with Crippen molar-refractivity contribution in [2.75, 3.05) is 13.1 Å². The maximum atomic E-state index is 5.92. The summed E-state index contributed by atoms with van der Waals surface area (Å²) in [5.74, 6) is 0. The van der Waals surface area contributed by atoms with Crippen LogP contribution in [0.3, 0.4) is 0 Å². The highest BCUT2D eigenvalue weighted by atomic mass is 15.2. The van der Waals surface area contributed by atoms with Crippen molar-refractivity contribution in [2.45, 2.75) is 39.3 Å². The molecule has 0 aliphatic heterocycles. The van der Waals surface area contributed by atoms with Crippen molar-refractivity contribution in [3.8, 4) is 0 Å². The molecule has 1 aromatic rings. The molecule has 100 valence electrons. The lowest BCUT2D eigenvalue weighted by Gasteiger charge is -2.39. The minimum atomic E-state index is 0.139. The SMILES string of the molecule is CCN(C(/C=C\c1ccccc1)CN)C(C)(C)C. The van der Waals surface area contributed by atoms with Gasteiger partial charge in [-0.1, -0.05) is 49.4 Å². The second kappa shape index (κ2) is 6.72. The van der Waals surface area contributed by atoms with Crippen LogP contribution >= 0.6 is 0 Å². The summed E-state index contributed by atoms with van der Waals surface area (Å²) in [6.07, 6.45) is 4.37. The molecule has 1 unspecified atom stereocenters. The van der Waals surface area contributed by atoms with E-state index in [0.717, 1.165) is 6.54 Å². The van der Waals surface area contributed by atoms with Gasteiger partial charge in [-0.3, -0.25) is 4.90 Å². The van der Waals surface area contributed by atoms with E-state index >= 15 is 0 Å². The van der Waals surface area contributed by atoms with Crippen molar-refractivity contribution in [1.82, 2.24) is 4.90 Å². The van der Waals surface area contributed by atoms with Crippen molar-refractivity contribution in [3.63, 3.8) is 0 Å². The standard InChI is InChI=1S/C16H26N2/c1-5-18(16(2,3)4)15(13-17)12-11-14-9-7-6-8-10-14/h6-12,15H,5,13,17H2,1-4H3/b12-11-. The van der Waals surface area contributed by atoms with Gasteiger partial charge in [-0.2, -0.15) is 0 Å². The molecule has 0 radical (unpaired) electrons. The Hall–Kier alpha value is -1.12. The van der Waals surface area contributed by atoms with Crippen LogP contribution < -0.4 is 5.73 Å². The van der Waals surface area contributed by atoms with Gasteiger partial charge in [0.2, 0.25) is 0 Å². The van der Waals surface area contributed by atoms with Crippen molar-refractivity contribution >= 4 is 6.08 Å². The van der Waals surface area contributed by atoms with Crippen LogP contribution in [0.25, 0.3) is 6.08 Å². The maximum absolute atomic E-state index is 5.92. The summed E-state index contributed by atoms with van der Waals surface area (Å²) in [5, 5.41) is 0. The molecule has 1 rings (SSSR count). The molecule has 1 aromatic carbocycles. The highest BCUT2D eigenvalue weighted by Crippen LogP contribution is 2.17. The first-order chi connectivity index (χ1) is 8.49. The molecule has 0 aromatic heterocycles. The Balaban J connectivity index is 2.81. The first-order valence-electron chi connectivity index (χ1n) is 6.69. The molecule has 1 atom stereocenters. The largest absolute Gasteiger partial charge is 0.329 e. The number of nitrogens with two attached hydrogens (primary N) is 1. The predicted octanol–water partition coefficient (Wildman–Crippen LogP) is 3.15. The molecule has 0 heterocycles. The zero-order chi connectivity index (χ0) is 13.6. The van der Waals surface area contributed by atoms with Gasteiger partial charge in [0.05, 0.1) is 0 Å². The Kier molecular flexibility index (Phi) is 5.57. The number of nitrogens with zero attached hydrogens (tertiary/aromatic N) is 1. The van der Waals surface area contributed by atoms with Crippen molar-refractivity contribution < 1.29 is 0 Å². The highest BCUT2D eigenvalue weighted by Gasteiger charge is 2.24. The fourth-order valence-corrected chi connectivity index (χ4v) is 2.30. The van der Waals surface area contributed by atoms with Crippen molar-refractivity contribution in [2.24, 2.45) is 5.73 Å². The summed E-state index contributed by atoms with van der Waals surface area (Å²) < 4.78 is 0. The molecule has 18 heavy (non-hydrogen) atoms. The number of benzene rings is 1. The second-order valence-electron chi connectivity index (χ2n) is 5.53. The maximum Gasteiger partial charge on any atom is 0.0409 e. The molecule has 0 saturated carbocycles. The molecule has 0 saturated heterocycles. The van der Waals surface area contributed by atoms with Crippen molar-refractivity contribution in [1.29, 1.82) is 0 Å². The van der Waals surface area contributed by atoms with Crippen LogP contribution in [-0.2, 0) is 0 Å². The third-order valence-corrected chi connectivity index (χ3v) is 3.15. The summed E-state index contributed by atoms with van der Waals surface area (Å²) >= 11 is 0. The van der Waals surface area contributed by atoms with Gasteiger partial charge in [-0.05, 0) is 32.9 Å². The zero-order valence-corrected chi connectivity index (χ0v) is 12.1. The van der Waals surface area contributed by atoms with Crippen molar-refractivity contribution in [3.05, 3.63) is 42.0 Å². The van der Waals surface area contributed by atoms with Gasteiger partial charge < -0.3 is 5.73 Å². The van der Waals surface area contributed by atoms with Gasteiger partial charge in [0.1, 0.15) is 0 Å². The van der Waals surface area contributed by atoms with E-state index in [4.69, 9.17) is 5.73 Å². The fraction of sp³-hybridized carbons (Fsp3) is 0.500. The topological polar surface area (TPSA) is 29.3 Å². The van der Waals surface area contributed by atoms with E-state index in [1.54, 1.807) is 0 Å². The lowest BCUT2D eigenvalue weighted by atomic mass is 10.0. The zero-order valence-electron chi connectivity index (χ0n) is 12.1. The van der Waals surface area contributed by atoms with Crippen LogP contribution in [0.5, 0.6) is 0 Å². The average Bonchev–Trinajstić information content (AvgIpc) is 2.34. The van der Waals surface area contributed by atoms with E-state index in [2.05, 4.69) is 69.0 Å². The first kappa shape index (κ1) is 14.9. The third-order valence-electron chi connectivity index (χ3n) is 3.15. The number of hydrogen-bond donors (Lipinski definition) is 1. The average molecular weight is 246 g/mol. The molecular weight excluding hydrogens is 220 g/mol.